The highest BCUT2D eigenvalue weighted by Gasteiger charge is 2.57. The van der Waals surface area contributed by atoms with E-state index in [2.05, 4.69) is 10.3 Å². The number of halogens is 3. The summed E-state index contributed by atoms with van der Waals surface area (Å²) in [6.45, 7) is 1.32. The van der Waals surface area contributed by atoms with Crippen LogP contribution in [0.3, 0.4) is 0 Å². The lowest BCUT2D eigenvalue weighted by Gasteiger charge is -2.27. The zero-order valence-corrected chi connectivity index (χ0v) is 19.1. The van der Waals surface area contributed by atoms with Gasteiger partial charge in [0.1, 0.15) is 28.5 Å². The van der Waals surface area contributed by atoms with Crippen molar-refractivity contribution in [1.29, 1.82) is 0 Å². The van der Waals surface area contributed by atoms with E-state index in [1.54, 1.807) is 0 Å². The number of benzene rings is 2. The highest BCUT2D eigenvalue weighted by molar-refractivity contribution is 6.32. The molecular formula is C24H19ClF2N4O4. The number of carbonyl (C=O) groups is 3. The molecule has 1 saturated carbocycles. The number of pyridine rings is 1. The highest BCUT2D eigenvalue weighted by atomic mass is 35.5. The van der Waals surface area contributed by atoms with Gasteiger partial charge >= 0.3 is 0 Å². The monoisotopic (exact) mass is 500 g/mol. The molecule has 1 aromatic heterocycles. The standard InChI is InChI=1S/C24H19ClF2N4O4/c1-13(32)30-21-10-16(6-9-29-21)35-20-12-18(27)19(11-17(20)25)31(15-4-2-14(26)3-5-15)23(34)24(7-8-24)22(28)33/h2-6,9-12H,7-8H2,1H3,(H2,28,33)(H,29,30,32). The molecule has 3 N–H and O–H groups in total. The molecule has 180 valence electrons. The van der Waals surface area contributed by atoms with Crippen molar-refractivity contribution < 1.29 is 27.9 Å². The van der Waals surface area contributed by atoms with E-state index in [0.717, 1.165) is 23.1 Å². The van der Waals surface area contributed by atoms with Crippen molar-refractivity contribution in [2.75, 3.05) is 10.2 Å². The molecule has 0 unspecified atom stereocenters. The first-order valence-electron chi connectivity index (χ1n) is 10.4. The molecule has 0 saturated heterocycles. The molecule has 11 heteroatoms. The SMILES string of the molecule is CC(=O)Nc1cc(Oc2cc(F)c(N(C(=O)C3(C(N)=O)CC3)c3ccc(F)cc3)cc2Cl)ccn1. The van der Waals surface area contributed by atoms with Crippen LogP contribution >= 0.6 is 11.6 Å². The third-order valence-electron chi connectivity index (χ3n) is 5.42. The quantitative estimate of drug-likeness (QED) is 0.456. The number of anilines is 3. The van der Waals surface area contributed by atoms with Crippen molar-refractivity contribution in [3.63, 3.8) is 0 Å². The topological polar surface area (TPSA) is 115 Å². The molecule has 1 heterocycles. The summed E-state index contributed by atoms with van der Waals surface area (Å²) in [5, 5.41) is 2.45. The van der Waals surface area contributed by atoms with Crippen molar-refractivity contribution in [2.24, 2.45) is 11.1 Å². The Morgan fingerprint density at radius 3 is 2.40 bits per heavy atom. The normalized spacial score (nSPS) is 13.6. The maximum Gasteiger partial charge on any atom is 0.247 e. The summed E-state index contributed by atoms with van der Waals surface area (Å²) in [7, 11) is 0. The lowest BCUT2D eigenvalue weighted by atomic mass is 10.0. The Kier molecular flexibility index (Phi) is 6.40. The molecule has 1 fully saturated rings. The lowest BCUT2D eigenvalue weighted by Crippen LogP contribution is -2.41. The summed E-state index contributed by atoms with van der Waals surface area (Å²) >= 11 is 6.36. The first kappa shape index (κ1) is 24.1. The van der Waals surface area contributed by atoms with E-state index < -0.39 is 28.9 Å². The second-order valence-electron chi connectivity index (χ2n) is 7.96. The van der Waals surface area contributed by atoms with Gasteiger partial charge in [-0.2, -0.15) is 0 Å². The van der Waals surface area contributed by atoms with Crippen LogP contribution in [0, 0.1) is 17.0 Å². The average Bonchev–Trinajstić information content (AvgIpc) is 3.60. The average molecular weight is 501 g/mol. The Bertz CT molecular complexity index is 1330. The smallest absolute Gasteiger partial charge is 0.247 e. The fourth-order valence-electron chi connectivity index (χ4n) is 3.48. The van der Waals surface area contributed by atoms with E-state index in [0.29, 0.717) is 0 Å². The molecule has 35 heavy (non-hydrogen) atoms. The van der Waals surface area contributed by atoms with Crippen LogP contribution in [0.1, 0.15) is 19.8 Å². The van der Waals surface area contributed by atoms with Gasteiger partial charge in [-0.25, -0.2) is 13.8 Å². The molecule has 4 rings (SSSR count). The van der Waals surface area contributed by atoms with Gasteiger partial charge in [-0.15, -0.1) is 0 Å². The van der Waals surface area contributed by atoms with Crippen LogP contribution in [0.4, 0.5) is 26.0 Å². The first-order chi connectivity index (χ1) is 16.6. The molecule has 3 aromatic rings. The number of carbonyl (C=O) groups excluding carboxylic acids is 3. The van der Waals surface area contributed by atoms with E-state index in [4.69, 9.17) is 22.1 Å². The number of nitrogens with one attached hydrogen (secondary N) is 1. The molecule has 0 bridgehead atoms. The molecule has 3 amide bonds. The van der Waals surface area contributed by atoms with E-state index in [-0.39, 0.29) is 52.5 Å². The van der Waals surface area contributed by atoms with Crippen molar-refractivity contribution in [3.8, 4) is 11.5 Å². The summed E-state index contributed by atoms with van der Waals surface area (Å²) in [6, 6.07) is 9.81. The van der Waals surface area contributed by atoms with Gasteiger partial charge in [0.25, 0.3) is 0 Å². The predicted octanol–water partition coefficient (Wildman–Crippen LogP) is 4.69. The van der Waals surface area contributed by atoms with Crippen LogP contribution in [0.15, 0.2) is 54.7 Å². The Balaban J connectivity index is 1.72. The maximum absolute atomic E-state index is 15.4. The Labute approximate surface area is 203 Å². The number of primary amides is 1. The Morgan fingerprint density at radius 2 is 1.80 bits per heavy atom. The van der Waals surface area contributed by atoms with E-state index in [9.17, 15) is 18.8 Å². The molecule has 2 aromatic carbocycles. The van der Waals surface area contributed by atoms with Crippen LogP contribution < -0.4 is 20.7 Å². The zero-order valence-electron chi connectivity index (χ0n) is 18.3. The molecule has 8 nitrogen and oxygen atoms in total. The minimum absolute atomic E-state index is 0.0527. The van der Waals surface area contributed by atoms with E-state index in [1.165, 1.54) is 43.5 Å². The van der Waals surface area contributed by atoms with Crippen molar-refractivity contribution >= 4 is 46.5 Å². The number of ether oxygens (including phenoxy) is 1. The molecule has 1 aliphatic carbocycles. The minimum atomic E-state index is -1.47. The van der Waals surface area contributed by atoms with Gasteiger partial charge < -0.3 is 15.8 Å². The number of rotatable bonds is 7. The molecule has 0 atom stereocenters. The summed E-state index contributed by atoms with van der Waals surface area (Å²) in [4.78, 5) is 41.5. The fourth-order valence-corrected chi connectivity index (χ4v) is 3.68. The van der Waals surface area contributed by atoms with Crippen molar-refractivity contribution in [3.05, 3.63) is 71.4 Å². The number of hydrogen-bond acceptors (Lipinski definition) is 5. The zero-order chi connectivity index (χ0) is 25.3. The molecule has 0 radical (unpaired) electrons. The first-order valence-corrected chi connectivity index (χ1v) is 10.8. The largest absolute Gasteiger partial charge is 0.455 e. The second kappa shape index (κ2) is 9.30. The number of nitrogens with two attached hydrogens (primary N) is 1. The van der Waals surface area contributed by atoms with E-state index in [1.807, 2.05) is 0 Å². The summed E-state index contributed by atoms with van der Waals surface area (Å²) in [5.74, 6) is -2.99. The maximum atomic E-state index is 15.4. The van der Waals surface area contributed by atoms with Gasteiger partial charge in [-0.1, -0.05) is 11.6 Å². The van der Waals surface area contributed by atoms with Gasteiger partial charge in [0, 0.05) is 30.9 Å². The minimum Gasteiger partial charge on any atom is -0.455 e. The van der Waals surface area contributed by atoms with Crippen molar-refractivity contribution in [2.45, 2.75) is 19.8 Å². The van der Waals surface area contributed by atoms with Crippen LogP contribution in [-0.4, -0.2) is 22.7 Å². The van der Waals surface area contributed by atoms with Gasteiger partial charge in [-0.3, -0.25) is 19.3 Å². The lowest BCUT2D eigenvalue weighted by molar-refractivity contribution is -0.133. The summed E-state index contributed by atoms with van der Waals surface area (Å²) in [5.41, 5.74) is 3.84. The molecule has 0 aliphatic heterocycles. The summed E-state index contributed by atoms with van der Waals surface area (Å²) < 4.78 is 34.5. The Morgan fingerprint density at radius 1 is 1.11 bits per heavy atom. The second-order valence-corrected chi connectivity index (χ2v) is 8.36. The van der Waals surface area contributed by atoms with Crippen molar-refractivity contribution in [1.82, 2.24) is 4.98 Å². The molecular weight excluding hydrogens is 482 g/mol. The number of amides is 3. The summed E-state index contributed by atoms with van der Waals surface area (Å²) in [6.07, 6.45) is 1.81. The third kappa shape index (κ3) is 4.92. The van der Waals surface area contributed by atoms with E-state index >= 15 is 4.39 Å². The van der Waals surface area contributed by atoms with Crippen LogP contribution in [0.5, 0.6) is 11.5 Å². The van der Waals surface area contributed by atoms with Gasteiger partial charge in [0.2, 0.25) is 17.7 Å². The molecule has 1 aliphatic rings. The number of nitrogens with zero attached hydrogens (tertiary/aromatic N) is 2. The van der Waals surface area contributed by atoms with Crippen LogP contribution in [0.25, 0.3) is 0 Å². The molecule has 0 spiro atoms. The third-order valence-corrected chi connectivity index (χ3v) is 5.72. The predicted molar refractivity (Wildman–Crippen MR) is 124 cm³/mol. The fraction of sp³-hybridized carbons (Fsp3) is 0.167. The van der Waals surface area contributed by atoms with Gasteiger partial charge in [0.15, 0.2) is 5.82 Å². The number of hydrogen-bond donors (Lipinski definition) is 2. The van der Waals surface area contributed by atoms with Crippen LogP contribution in [0.2, 0.25) is 5.02 Å². The number of aromatic nitrogens is 1. The van der Waals surface area contributed by atoms with Gasteiger partial charge in [0.05, 0.1) is 10.7 Å². The highest BCUT2D eigenvalue weighted by Crippen LogP contribution is 2.50. The Hall–Kier alpha value is -4.05. The van der Waals surface area contributed by atoms with Gasteiger partial charge in [-0.05, 0) is 49.2 Å². The van der Waals surface area contributed by atoms with Crippen LogP contribution in [-0.2, 0) is 14.4 Å².